The Kier molecular flexibility index (Phi) is 4.79. The zero-order valence-corrected chi connectivity index (χ0v) is 14.3. The molecule has 2 N–H and O–H groups in total. The maximum absolute atomic E-state index is 11.5. The Labute approximate surface area is 146 Å². The SMILES string of the molecule is CC(C)N(CC(N)=O)c1nc(-c2ccncc2)cn1-c1ccccc1. The highest BCUT2D eigenvalue weighted by molar-refractivity contribution is 5.79. The van der Waals surface area contributed by atoms with E-state index in [-0.39, 0.29) is 18.5 Å². The quantitative estimate of drug-likeness (QED) is 0.751. The van der Waals surface area contributed by atoms with Crippen molar-refractivity contribution in [2.45, 2.75) is 19.9 Å². The van der Waals surface area contributed by atoms with E-state index in [9.17, 15) is 4.79 Å². The minimum atomic E-state index is -0.387. The van der Waals surface area contributed by atoms with Gasteiger partial charge in [0.15, 0.2) is 0 Å². The van der Waals surface area contributed by atoms with E-state index in [1.54, 1.807) is 12.4 Å². The van der Waals surface area contributed by atoms with Gasteiger partial charge in [-0.05, 0) is 38.1 Å². The van der Waals surface area contributed by atoms with Crippen molar-refractivity contribution in [3.05, 3.63) is 61.1 Å². The van der Waals surface area contributed by atoms with E-state index in [2.05, 4.69) is 4.98 Å². The standard InChI is InChI=1S/C19H21N5O/c1-14(2)23(13-18(20)25)19-22-17(15-8-10-21-11-9-15)12-24(19)16-6-4-3-5-7-16/h3-12,14H,13H2,1-2H3,(H2,20,25). The van der Waals surface area contributed by atoms with Crippen LogP contribution < -0.4 is 10.6 Å². The summed E-state index contributed by atoms with van der Waals surface area (Å²) in [7, 11) is 0. The van der Waals surface area contributed by atoms with Crippen LogP contribution in [0, 0.1) is 0 Å². The second kappa shape index (κ2) is 7.17. The molecule has 6 nitrogen and oxygen atoms in total. The number of amides is 1. The van der Waals surface area contributed by atoms with Gasteiger partial charge >= 0.3 is 0 Å². The molecule has 0 fully saturated rings. The highest BCUT2D eigenvalue weighted by atomic mass is 16.1. The van der Waals surface area contributed by atoms with E-state index in [0.29, 0.717) is 5.95 Å². The number of carbonyl (C=O) groups excluding carboxylic acids is 1. The molecule has 6 heteroatoms. The van der Waals surface area contributed by atoms with Crippen LogP contribution in [0.3, 0.4) is 0 Å². The normalized spacial score (nSPS) is 10.8. The van der Waals surface area contributed by atoms with Gasteiger partial charge in [-0.15, -0.1) is 0 Å². The number of aromatic nitrogens is 3. The fourth-order valence-electron chi connectivity index (χ4n) is 2.67. The lowest BCUT2D eigenvalue weighted by Crippen LogP contribution is -2.40. The summed E-state index contributed by atoms with van der Waals surface area (Å²) < 4.78 is 1.98. The van der Waals surface area contributed by atoms with E-state index in [1.807, 2.05) is 72.0 Å². The second-order valence-corrected chi connectivity index (χ2v) is 6.06. The van der Waals surface area contributed by atoms with Crippen LogP contribution in [0.4, 0.5) is 5.95 Å². The van der Waals surface area contributed by atoms with E-state index >= 15 is 0 Å². The van der Waals surface area contributed by atoms with Gasteiger partial charge in [-0.3, -0.25) is 14.3 Å². The Balaban J connectivity index is 2.14. The fourth-order valence-corrected chi connectivity index (χ4v) is 2.67. The third-order valence-corrected chi connectivity index (χ3v) is 3.90. The average Bonchev–Trinajstić information content (AvgIpc) is 3.06. The third-order valence-electron chi connectivity index (χ3n) is 3.90. The van der Waals surface area contributed by atoms with Gasteiger partial charge in [0.1, 0.15) is 0 Å². The number of imidazole rings is 1. The lowest BCUT2D eigenvalue weighted by molar-refractivity contribution is -0.116. The molecule has 128 valence electrons. The maximum Gasteiger partial charge on any atom is 0.237 e. The first-order chi connectivity index (χ1) is 12.1. The van der Waals surface area contributed by atoms with Gasteiger partial charge in [0.05, 0.1) is 12.2 Å². The number of carbonyl (C=O) groups is 1. The molecule has 1 amide bonds. The molecule has 0 aliphatic carbocycles. The molecule has 2 heterocycles. The second-order valence-electron chi connectivity index (χ2n) is 6.06. The Hall–Kier alpha value is -3.15. The number of pyridine rings is 1. The summed E-state index contributed by atoms with van der Waals surface area (Å²) in [5.41, 5.74) is 8.20. The summed E-state index contributed by atoms with van der Waals surface area (Å²) >= 11 is 0. The molecule has 0 radical (unpaired) electrons. The van der Waals surface area contributed by atoms with Crippen molar-refractivity contribution in [3.8, 4) is 16.9 Å². The van der Waals surface area contributed by atoms with Crippen LogP contribution in [0.25, 0.3) is 16.9 Å². The molecule has 0 saturated heterocycles. The van der Waals surface area contributed by atoms with Gasteiger partial charge in [-0.1, -0.05) is 18.2 Å². The molecule has 0 aliphatic heterocycles. The van der Waals surface area contributed by atoms with Gasteiger partial charge in [0.2, 0.25) is 11.9 Å². The Bertz CT molecular complexity index is 843. The number of anilines is 1. The summed E-state index contributed by atoms with van der Waals surface area (Å²) in [5, 5.41) is 0. The van der Waals surface area contributed by atoms with Crippen molar-refractivity contribution in [2.24, 2.45) is 5.73 Å². The highest BCUT2D eigenvalue weighted by Crippen LogP contribution is 2.27. The number of nitrogens with two attached hydrogens (primary N) is 1. The molecular weight excluding hydrogens is 314 g/mol. The maximum atomic E-state index is 11.5. The van der Waals surface area contributed by atoms with Crippen LogP contribution in [-0.4, -0.2) is 33.0 Å². The van der Waals surface area contributed by atoms with Crippen LogP contribution >= 0.6 is 0 Å². The van der Waals surface area contributed by atoms with Gasteiger partial charge < -0.3 is 10.6 Å². The number of hydrogen-bond donors (Lipinski definition) is 1. The number of nitrogens with zero attached hydrogens (tertiary/aromatic N) is 4. The van der Waals surface area contributed by atoms with Crippen LogP contribution in [0.15, 0.2) is 61.1 Å². The summed E-state index contributed by atoms with van der Waals surface area (Å²) in [6.45, 7) is 4.13. The molecule has 2 aromatic heterocycles. The van der Waals surface area contributed by atoms with E-state index in [0.717, 1.165) is 16.9 Å². The van der Waals surface area contributed by atoms with Crippen molar-refractivity contribution in [1.82, 2.24) is 14.5 Å². The molecule has 3 aromatic rings. The lowest BCUT2D eigenvalue weighted by Gasteiger charge is -2.27. The first-order valence-electron chi connectivity index (χ1n) is 8.16. The molecule has 3 rings (SSSR count). The molecule has 25 heavy (non-hydrogen) atoms. The van der Waals surface area contributed by atoms with E-state index < -0.39 is 0 Å². The minimum Gasteiger partial charge on any atom is -0.368 e. The van der Waals surface area contributed by atoms with Crippen LogP contribution in [0.5, 0.6) is 0 Å². The highest BCUT2D eigenvalue weighted by Gasteiger charge is 2.21. The number of primary amides is 1. The molecule has 0 atom stereocenters. The Morgan fingerprint density at radius 1 is 1.16 bits per heavy atom. The molecular formula is C19H21N5O. The zero-order chi connectivity index (χ0) is 17.8. The monoisotopic (exact) mass is 335 g/mol. The third kappa shape index (κ3) is 3.68. The number of rotatable bonds is 6. The average molecular weight is 335 g/mol. The van der Waals surface area contributed by atoms with Crippen LogP contribution in [0.2, 0.25) is 0 Å². The van der Waals surface area contributed by atoms with Crippen LogP contribution in [-0.2, 0) is 4.79 Å². The van der Waals surface area contributed by atoms with Crippen molar-refractivity contribution >= 4 is 11.9 Å². The largest absolute Gasteiger partial charge is 0.368 e. The summed E-state index contributed by atoms with van der Waals surface area (Å²) in [4.78, 5) is 22.3. The molecule has 0 aliphatic rings. The van der Waals surface area contributed by atoms with Gasteiger partial charge in [-0.25, -0.2) is 4.98 Å². The van der Waals surface area contributed by atoms with Crippen molar-refractivity contribution < 1.29 is 4.79 Å². The van der Waals surface area contributed by atoms with E-state index in [1.165, 1.54) is 0 Å². The smallest absolute Gasteiger partial charge is 0.237 e. The molecule has 0 spiro atoms. The predicted octanol–water partition coefficient (Wildman–Crippen LogP) is 2.63. The summed E-state index contributed by atoms with van der Waals surface area (Å²) in [6.07, 6.45) is 5.44. The van der Waals surface area contributed by atoms with Gasteiger partial charge in [0.25, 0.3) is 0 Å². The number of hydrogen-bond acceptors (Lipinski definition) is 4. The Morgan fingerprint density at radius 2 is 1.84 bits per heavy atom. The van der Waals surface area contributed by atoms with Crippen molar-refractivity contribution in [2.75, 3.05) is 11.4 Å². The van der Waals surface area contributed by atoms with Crippen molar-refractivity contribution in [3.63, 3.8) is 0 Å². The molecule has 1 aromatic carbocycles. The lowest BCUT2D eigenvalue weighted by atomic mass is 10.2. The first-order valence-corrected chi connectivity index (χ1v) is 8.16. The zero-order valence-electron chi connectivity index (χ0n) is 14.3. The number of benzene rings is 1. The minimum absolute atomic E-state index is 0.0719. The molecule has 0 bridgehead atoms. The predicted molar refractivity (Wildman–Crippen MR) is 98.5 cm³/mol. The Morgan fingerprint density at radius 3 is 2.44 bits per heavy atom. The summed E-state index contributed by atoms with van der Waals surface area (Å²) in [6, 6.07) is 13.8. The first kappa shape index (κ1) is 16.7. The van der Waals surface area contributed by atoms with Crippen molar-refractivity contribution in [1.29, 1.82) is 0 Å². The fraction of sp³-hybridized carbons (Fsp3) is 0.211. The van der Waals surface area contributed by atoms with Gasteiger partial charge in [-0.2, -0.15) is 0 Å². The molecule has 0 unspecified atom stereocenters. The number of para-hydroxylation sites is 1. The van der Waals surface area contributed by atoms with E-state index in [4.69, 9.17) is 10.7 Å². The topological polar surface area (TPSA) is 77.0 Å². The van der Waals surface area contributed by atoms with Crippen LogP contribution in [0.1, 0.15) is 13.8 Å². The summed E-state index contributed by atoms with van der Waals surface area (Å²) in [5.74, 6) is 0.300. The van der Waals surface area contributed by atoms with Gasteiger partial charge in [0, 0.05) is 35.9 Å². The molecule has 0 saturated carbocycles.